The first-order valence-electron chi connectivity index (χ1n) is 3.92. The minimum absolute atomic E-state index is 0.176. The van der Waals surface area contributed by atoms with Crippen LogP contribution in [0.4, 0.5) is 4.39 Å². The Morgan fingerprint density at radius 3 is 2.92 bits per heavy atom. The fourth-order valence-electron chi connectivity index (χ4n) is 1.04. The summed E-state index contributed by atoms with van der Waals surface area (Å²) in [4.78, 5) is 5.11. The Morgan fingerprint density at radius 2 is 2.31 bits per heavy atom. The van der Waals surface area contributed by atoms with Gasteiger partial charge in [0, 0.05) is 4.90 Å². The molecule has 4 heteroatoms. The van der Waals surface area contributed by atoms with Crippen LogP contribution in [-0.4, -0.2) is 12.9 Å². The van der Waals surface area contributed by atoms with E-state index >= 15 is 0 Å². The number of rotatable bonds is 4. The van der Waals surface area contributed by atoms with Crippen molar-refractivity contribution in [1.29, 1.82) is 0 Å². The summed E-state index contributed by atoms with van der Waals surface area (Å²) in [6, 6.07) is 5.03. The number of nitrogens with two attached hydrogens (primary N) is 1. The molecule has 13 heavy (non-hydrogen) atoms. The molecule has 0 aliphatic rings. The second-order valence-corrected chi connectivity index (χ2v) is 3.44. The van der Waals surface area contributed by atoms with E-state index in [-0.39, 0.29) is 5.82 Å². The van der Waals surface area contributed by atoms with Crippen molar-refractivity contribution in [1.82, 2.24) is 0 Å². The molecule has 0 bridgehead atoms. The molecule has 0 spiro atoms. The molecule has 2 N–H and O–H groups in total. The summed E-state index contributed by atoms with van der Waals surface area (Å²) in [6.07, 6.45) is 2.56. The minimum atomic E-state index is -0.176. The highest BCUT2D eigenvalue weighted by Crippen LogP contribution is 2.20. The van der Waals surface area contributed by atoms with Crippen molar-refractivity contribution in [2.24, 2.45) is 5.90 Å². The molecule has 1 aromatic rings. The van der Waals surface area contributed by atoms with Gasteiger partial charge < -0.3 is 4.84 Å². The van der Waals surface area contributed by atoms with Gasteiger partial charge in [-0.2, -0.15) is 0 Å². The fraction of sp³-hybridized carbons (Fsp3) is 0.333. The van der Waals surface area contributed by atoms with Gasteiger partial charge in [-0.15, -0.1) is 11.8 Å². The van der Waals surface area contributed by atoms with Gasteiger partial charge in [-0.05, 0) is 30.4 Å². The van der Waals surface area contributed by atoms with Crippen LogP contribution in [0.15, 0.2) is 23.1 Å². The van der Waals surface area contributed by atoms with E-state index in [0.29, 0.717) is 17.9 Å². The molecule has 0 atom stereocenters. The second-order valence-electron chi connectivity index (χ2n) is 2.59. The minimum Gasteiger partial charge on any atom is -0.304 e. The van der Waals surface area contributed by atoms with E-state index in [2.05, 4.69) is 4.84 Å². The van der Waals surface area contributed by atoms with Gasteiger partial charge in [0.15, 0.2) is 0 Å². The third-order valence-electron chi connectivity index (χ3n) is 1.72. The van der Waals surface area contributed by atoms with E-state index in [1.807, 2.05) is 12.3 Å². The van der Waals surface area contributed by atoms with Gasteiger partial charge >= 0.3 is 0 Å². The van der Waals surface area contributed by atoms with Crippen molar-refractivity contribution in [2.45, 2.75) is 11.3 Å². The highest BCUT2D eigenvalue weighted by atomic mass is 32.2. The van der Waals surface area contributed by atoms with E-state index in [0.717, 1.165) is 5.56 Å². The summed E-state index contributed by atoms with van der Waals surface area (Å²) in [6.45, 7) is 0.458. The Kier molecular flexibility index (Phi) is 4.21. The van der Waals surface area contributed by atoms with Crippen LogP contribution in [0, 0.1) is 5.82 Å². The van der Waals surface area contributed by atoms with Gasteiger partial charge in [0.25, 0.3) is 0 Å². The molecule has 1 rings (SSSR count). The lowest BCUT2D eigenvalue weighted by molar-refractivity contribution is 0.141. The predicted molar refractivity (Wildman–Crippen MR) is 52.0 cm³/mol. The zero-order chi connectivity index (χ0) is 9.68. The maximum absolute atomic E-state index is 13.0. The zero-order valence-electron chi connectivity index (χ0n) is 7.42. The normalized spacial score (nSPS) is 10.4. The second kappa shape index (κ2) is 5.21. The Balaban J connectivity index is 2.74. The van der Waals surface area contributed by atoms with Crippen LogP contribution in [0.25, 0.3) is 0 Å². The largest absolute Gasteiger partial charge is 0.304 e. The number of benzene rings is 1. The first-order chi connectivity index (χ1) is 6.27. The van der Waals surface area contributed by atoms with Crippen LogP contribution in [-0.2, 0) is 11.3 Å². The molecule has 72 valence electrons. The molecule has 0 unspecified atom stereocenters. The standard InChI is InChI=1S/C9H12FNOS/c1-13-9-6-7(4-5-12-11)2-3-8(9)10/h2-3,6H,4-5,11H2,1H3. The summed E-state index contributed by atoms with van der Waals surface area (Å²) >= 11 is 1.40. The summed E-state index contributed by atoms with van der Waals surface area (Å²) in [5, 5.41) is 0. The predicted octanol–water partition coefficient (Wildman–Crippen LogP) is 1.98. The van der Waals surface area contributed by atoms with Gasteiger partial charge in [-0.1, -0.05) is 6.07 Å². The quantitative estimate of drug-likeness (QED) is 0.597. The molecule has 0 amide bonds. The SMILES string of the molecule is CSc1cc(CCON)ccc1F. The number of hydrogen-bond donors (Lipinski definition) is 1. The highest BCUT2D eigenvalue weighted by Gasteiger charge is 2.01. The third-order valence-corrected chi connectivity index (χ3v) is 2.48. The average Bonchev–Trinajstić information content (AvgIpc) is 2.16. The third kappa shape index (κ3) is 2.99. The fourth-order valence-corrected chi connectivity index (χ4v) is 1.57. The van der Waals surface area contributed by atoms with E-state index in [4.69, 9.17) is 5.90 Å². The van der Waals surface area contributed by atoms with Crippen molar-refractivity contribution in [3.05, 3.63) is 29.6 Å². The van der Waals surface area contributed by atoms with Crippen molar-refractivity contribution < 1.29 is 9.23 Å². The van der Waals surface area contributed by atoms with Gasteiger partial charge in [0.05, 0.1) is 6.61 Å². The van der Waals surface area contributed by atoms with Gasteiger partial charge in [-0.3, -0.25) is 0 Å². The molecule has 0 fully saturated rings. The van der Waals surface area contributed by atoms with Crippen LogP contribution in [0.3, 0.4) is 0 Å². The Hall–Kier alpha value is -0.580. The molecule has 0 aliphatic carbocycles. The Bertz CT molecular complexity index is 280. The average molecular weight is 201 g/mol. The van der Waals surface area contributed by atoms with Crippen LogP contribution in [0.1, 0.15) is 5.56 Å². The first-order valence-corrected chi connectivity index (χ1v) is 5.14. The van der Waals surface area contributed by atoms with Crippen LogP contribution in [0.5, 0.6) is 0 Å². The number of halogens is 1. The topological polar surface area (TPSA) is 35.2 Å². The smallest absolute Gasteiger partial charge is 0.136 e. The Labute approximate surface area is 81.2 Å². The Morgan fingerprint density at radius 1 is 1.54 bits per heavy atom. The van der Waals surface area contributed by atoms with Crippen molar-refractivity contribution in [3.8, 4) is 0 Å². The van der Waals surface area contributed by atoms with Crippen LogP contribution in [0.2, 0.25) is 0 Å². The van der Waals surface area contributed by atoms with E-state index in [9.17, 15) is 4.39 Å². The zero-order valence-corrected chi connectivity index (χ0v) is 8.23. The van der Waals surface area contributed by atoms with E-state index < -0.39 is 0 Å². The van der Waals surface area contributed by atoms with Gasteiger partial charge in [-0.25, -0.2) is 10.3 Å². The van der Waals surface area contributed by atoms with Gasteiger partial charge in [0.2, 0.25) is 0 Å². The molecule has 0 aliphatic heterocycles. The van der Waals surface area contributed by atoms with E-state index in [1.165, 1.54) is 17.8 Å². The molecular weight excluding hydrogens is 189 g/mol. The van der Waals surface area contributed by atoms with Crippen molar-refractivity contribution in [3.63, 3.8) is 0 Å². The molecule has 1 aromatic carbocycles. The summed E-state index contributed by atoms with van der Waals surface area (Å²) < 4.78 is 13.0. The molecule has 0 heterocycles. The first kappa shape index (κ1) is 10.5. The number of hydrogen-bond acceptors (Lipinski definition) is 3. The van der Waals surface area contributed by atoms with E-state index in [1.54, 1.807) is 6.07 Å². The van der Waals surface area contributed by atoms with Gasteiger partial charge in [0.1, 0.15) is 5.82 Å². The maximum Gasteiger partial charge on any atom is 0.136 e. The van der Waals surface area contributed by atoms with Crippen LogP contribution < -0.4 is 5.90 Å². The van der Waals surface area contributed by atoms with Crippen molar-refractivity contribution >= 4 is 11.8 Å². The molecule has 0 saturated heterocycles. The monoisotopic (exact) mass is 201 g/mol. The lowest BCUT2D eigenvalue weighted by atomic mass is 10.2. The molecule has 0 radical (unpaired) electrons. The molecule has 0 aromatic heterocycles. The highest BCUT2D eigenvalue weighted by molar-refractivity contribution is 7.98. The lowest BCUT2D eigenvalue weighted by Crippen LogP contribution is -2.03. The summed E-state index contributed by atoms with van der Waals surface area (Å²) in [5.74, 6) is 4.72. The molecule has 2 nitrogen and oxygen atoms in total. The maximum atomic E-state index is 13.0. The van der Waals surface area contributed by atoms with Crippen LogP contribution >= 0.6 is 11.8 Å². The number of thioether (sulfide) groups is 1. The lowest BCUT2D eigenvalue weighted by Gasteiger charge is -2.03. The summed E-state index contributed by atoms with van der Waals surface area (Å²) in [5.41, 5.74) is 1.04. The molecular formula is C9H12FNOS. The summed E-state index contributed by atoms with van der Waals surface area (Å²) in [7, 11) is 0. The van der Waals surface area contributed by atoms with Crippen molar-refractivity contribution in [2.75, 3.05) is 12.9 Å². The molecule has 0 saturated carbocycles.